The number of rotatable bonds is 1. The molecule has 0 aliphatic carbocycles. The van der Waals surface area contributed by atoms with E-state index in [9.17, 15) is 0 Å². The number of carbonyl (C=O) groups excluding carboxylic acids is 1. The predicted octanol–water partition coefficient (Wildman–Crippen LogP) is 1.68. The fourth-order valence-corrected chi connectivity index (χ4v) is 1.74. The molecule has 1 aromatic rings. The van der Waals surface area contributed by atoms with Crippen LogP contribution in [0.25, 0.3) is 0 Å². The number of hydrogen-bond donors (Lipinski definition) is 1. The van der Waals surface area contributed by atoms with Crippen LogP contribution in [0.4, 0.5) is 0 Å². The average molecular weight is 275 g/mol. The van der Waals surface area contributed by atoms with Gasteiger partial charge in [-0.05, 0) is 14.0 Å². The highest BCUT2D eigenvalue weighted by molar-refractivity contribution is 6.31. The van der Waals surface area contributed by atoms with E-state index in [1.54, 1.807) is 7.05 Å². The molecular formula is C12H23ClN4O. The molecule has 18 heavy (non-hydrogen) atoms. The van der Waals surface area contributed by atoms with Crippen molar-refractivity contribution in [2.24, 2.45) is 0 Å². The first-order valence-corrected chi connectivity index (χ1v) is 6.49. The Morgan fingerprint density at radius 1 is 1.39 bits per heavy atom. The van der Waals surface area contributed by atoms with Crippen molar-refractivity contribution in [1.29, 1.82) is 0 Å². The highest BCUT2D eigenvalue weighted by Gasteiger charge is 2.18. The Balaban J connectivity index is 0.000000415. The number of amides is 1. The van der Waals surface area contributed by atoms with Crippen LogP contribution in [0, 0.1) is 6.92 Å². The van der Waals surface area contributed by atoms with Gasteiger partial charge in [-0.15, -0.1) is 0 Å². The van der Waals surface area contributed by atoms with E-state index in [0.29, 0.717) is 6.41 Å². The van der Waals surface area contributed by atoms with Crippen molar-refractivity contribution in [3.63, 3.8) is 0 Å². The average Bonchev–Trinajstić information content (AvgIpc) is 2.68. The predicted molar refractivity (Wildman–Crippen MR) is 74.8 cm³/mol. The Kier molecular flexibility index (Phi) is 8.41. The highest BCUT2D eigenvalue weighted by Crippen LogP contribution is 2.23. The summed E-state index contributed by atoms with van der Waals surface area (Å²) in [4.78, 5) is 11.3. The van der Waals surface area contributed by atoms with Gasteiger partial charge in [-0.1, -0.05) is 25.4 Å². The lowest BCUT2D eigenvalue weighted by molar-refractivity contribution is -0.109. The van der Waals surface area contributed by atoms with E-state index in [-0.39, 0.29) is 0 Å². The number of hydrogen-bond acceptors (Lipinski definition) is 3. The number of nitrogens with zero attached hydrogens (tertiary/aromatic N) is 3. The van der Waals surface area contributed by atoms with E-state index in [0.717, 1.165) is 36.0 Å². The molecule has 0 atom stereocenters. The van der Waals surface area contributed by atoms with Crippen LogP contribution >= 0.6 is 11.6 Å². The first-order valence-electron chi connectivity index (χ1n) is 6.11. The summed E-state index contributed by atoms with van der Waals surface area (Å²) < 4.78 is 2.01. The monoisotopic (exact) mass is 274 g/mol. The minimum absolute atomic E-state index is 0.625. The summed E-state index contributed by atoms with van der Waals surface area (Å²) in [5.41, 5.74) is 2.10. The number of aromatic nitrogens is 2. The van der Waals surface area contributed by atoms with Crippen LogP contribution < -0.4 is 5.32 Å². The molecule has 0 bridgehead atoms. The minimum atomic E-state index is 0.625. The molecule has 0 aromatic carbocycles. The molecular weight excluding hydrogens is 252 g/mol. The molecule has 0 saturated carbocycles. The van der Waals surface area contributed by atoms with Crippen LogP contribution in [-0.4, -0.2) is 41.7 Å². The molecule has 5 nitrogen and oxygen atoms in total. The lowest BCUT2D eigenvalue weighted by Gasteiger charge is -2.23. The molecule has 6 heteroatoms. The summed E-state index contributed by atoms with van der Waals surface area (Å²) in [6, 6.07) is 0. The minimum Gasteiger partial charge on any atom is -0.362 e. The Bertz CT molecular complexity index is 365. The SMILES string of the molecule is CC.CNC=O.Cc1nn2c(c1Cl)CN(C)CC2. The zero-order chi connectivity index (χ0) is 14.1. The van der Waals surface area contributed by atoms with Gasteiger partial charge in [0.25, 0.3) is 0 Å². The number of halogens is 1. The molecule has 1 amide bonds. The molecule has 0 fully saturated rings. The molecule has 0 saturated heterocycles. The first kappa shape index (κ1) is 16.9. The van der Waals surface area contributed by atoms with Gasteiger partial charge in [0.1, 0.15) is 0 Å². The number of likely N-dealkylation sites (N-methyl/N-ethyl adjacent to an activating group) is 1. The van der Waals surface area contributed by atoms with Gasteiger partial charge in [0.15, 0.2) is 0 Å². The van der Waals surface area contributed by atoms with E-state index in [1.807, 2.05) is 25.5 Å². The van der Waals surface area contributed by atoms with Crippen LogP contribution in [0.5, 0.6) is 0 Å². The summed E-state index contributed by atoms with van der Waals surface area (Å²) in [6.45, 7) is 8.89. The number of aryl methyl sites for hydroxylation is 1. The van der Waals surface area contributed by atoms with Gasteiger partial charge in [0, 0.05) is 20.1 Å². The molecule has 0 unspecified atom stereocenters. The summed E-state index contributed by atoms with van der Waals surface area (Å²) in [5.74, 6) is 0. The van der Waals surface area contributed by atoms with Gasteiger partial charge in [0.05, 0.1) is 23.0 Å². The molecule has 0 spiro atoms. The summed E-state index contributed by atoms with van der Waals surface area (Å²) >= 11 is 6.08. The van der Waals surface area contributed by atoms with Crippen molar-refractivity contribution < 1.29 is 4.79 Å². The van der Waals surface area contributed by atoms with E-state index in [4.69, 9.17) is 16.4 Å². The van der Waals surface area contributed by atoms with Crippen LogP contribution in [0.2, 0.25) is 5.02 Å². The smallest absolute Gasteiger partial charge is 0.206 e. The van der Waals surface area contributed by atoms with Crippen molar-refractivity contribution in [2.45, 2.75) is 33.9 Å². The number of fused-ring (bicyclic) bond motifs is 1. The number of nitrogens with one attached hydrogen (secondary N) is 1. The largest absolute Gasteiger partial charge is 0.362 e. The zero-order valence-electron chi connectivity index (χ0n) is 11.8. The van der Waals surface area contributed by atoms with Gasteiger partial charge < -0.3 is 5.32 Å². The van der Waals surface area contributed by atoms with E-state index in [2.05, 4.69) is 22.4 Å². The third-order valence-electron chi connectivity index (χ3n) is 2.38. The van der Waals surface area contributed by atoms with Crippen molar-refractivity contribution in [1.82, 2.24) is 20.0 Å². The quantitative estimate of drug-likeness (QED) is 0.793. The standard InChI is InChI=1S/C8H12ClN3.C2H5NO.C2H6/c1-6-8(9)7-5-11(2)3-4-12(7)10-6;1-3-2-4;1-2/h3-5H2,1-2H3;2H,1H3,(H,3,4);1-2H3. The van der Waals surface area contributed by atoms with Gasteiger partial charge in [0.2, 0.25) is 6.41 Å². The lowest BCUT2D eigenvalue weighted by Crippen LogP contribution is -2.30. The maximum absolute atomic E-state index is 9.06. The molecule has 1 aliphatic rings. The van der Waals surface area contributed by atoms with Gasteiger partial charge in [-0.2, -0.15) is 5.10 Å². The topological polar surface area (TPSA) is 50.2 Å². The van der Waals surface area contributed by atoms with Crippen LogP contribution in [0.3, 0.4) is 0 Å². The second-order valence-electron chi connectivity index (χ2n) is 3.71. The van der Waals surface area contributed by atoms with Crippen LogP contribution in [0.15, 0.2) is 0 Å². The summed E-state index contributed by atoms with van der Waals surface area (Å²) in [5, 5.41) is 7.43. The fraction of sp³-hybridized carbons (Fsp3) is 0.667. The normalized spacial score (nSPS) is 13.4. The first-order chi connectivity index (χ1) is 8.60. The second kappa shape index (κ2) is 8.94. The van der Waals surface area contributed by atoms with E-state index in [1.165, 1.54) is 0 Å². The second-order valence-corrected chi connectivity index (χ2v) is 4.09. The molecule has 1 N–H and O–H groups in total. The van der Waals surface area contributed by atoms with Crippen molar-refractivity contribution in [3.05, 3.63) is 16.4 Å². The third-order valence-corrected chi connectivity index (χ3v) is 2.88. The van der Waals surface area contributed by atoms with Crippen molar-refractivity contribution >= 4 is 18.0 Å². The summed E-state index contributed by atoms with van der Waals surface area (Å²) in [7, 11) is 3.66. The molecule has 1 aliphatic heterocycles. The maximum Gasteiger partial charge on any atom is 0.206 e. The zero-order valence-corrected chi connectivity index (χ0v) is 12.6. The van der Waals surface area contributed by atoms with Crippen LogP contribution in [-0.2, 0) is 17.9 Å². The Labute approximate surface area is 114 Å². The lowest BCUT2D eigenvalue weighted by atomic mass is 10.3. The third kappa shape index (κ3) is 4.66. The van der Waals surface area contributed by atoms with E-state index < -0.39 is 0 Å². The fourth-order valence-electron chi connectivity index (χ4n) is 1.54. The molecule has 1 aromatic heterocycles. The van der Waals surface area contributed by atoms with Gasteiger partial charge in [-0.25, -0.2) is 0 Å². The number of carbonyl (C=O) groups is 1. The maximum atomic E-state index is 9.06. The van der Waals surface area contributed by atoms with Crippen LogP contribution in [0.1, 0.15) is 25.2 Å². The summed E-state index contributed by atoms with van der Waals surface area (Å²) in [6.07, 6.45) is 0.625. The molecule has 2 heterocycles. The molecule has 104 valence electrons. The Morgan fingerprint density at radius 3 is 2.44 bits per heavy atom. The van der Waals surface area contributed by atoms with Gasteiger partial charge in [-0.3, -0.25) is 14.4 Å². The van der Waals surface area contributed by atoms with Crippen molar-refractivity contribution in [2.75, 3.05) is 20.6 Å². The van der Waals surface area contributed by atoms with Crippen molar-refractivity contribution in [3.8, 4) is 0 Å². The Hall–Kier alpha value is -1.07. The van der Waals surface area contributed by atoms with Gasteiger partial charge >= 0.3 is 0 Å². The Morgan fingerprint density at radius 2 is 1.94 bits per heavy atom. The molecule has 0 radical (unpaired) electrons. The highest BCUT2D eigenvalue weighted by atomic mass is 35.5. The van der Waals surface area contributed by atoms with E-state index >= 15 is 0 Å². The molecule has 2 rings (SSSR count).